The van der Waals surface area contributed by atoms with Crippen LogP contribution in [0.5, 0.6) is 0 Å². The molecular weight excluding hydrogens is 344 g/mol. The lowest BCUT2D eigenvalue weighted by Gasteiger charge is -2.43. The quantitative estimate of drug-likeness (QED) is 0.776. The molecule has 0 spiro atoms. The molecule has 0 unspecified atom stereocenters. The fourth-order valence-corrected chi connectivity index (χ4v) is 4.35. The molecule has 2 aromatic rings. The molecule has 2 aromatic carbocycles. The first-order valence-corrected chi connectivity index (χ1v) is 9.87. The smallest absolute Gasteiger partial charge is 0.227 e. The maximum absolute atomic E-state index is 12.6. The third kappa shape index (κ3) is 3.94. The highest BCUT2D eigenvalue weighted by Crippen LogP contribution is 2.32. The van der Waals surface area contributed by atoms with Crippen molar-refractivity contribution in [3.8, 4) is 0 Å². The van der Waals surface area contributed by atoms with Gasteiger partial charge in [0.2, 0.25) is 5.91 Å². The zero-order valence-corrected chi connectivity index (χ0v) is 15.7. The van der Waals surface area contributed by atoms with E-state index in [0.717, 1.165) is 38.2 Å². The lowest BCUT2D eigenvalue weighted by Crippen LogP contribution is -2.55. The topological polar surface area (TPSA) is 23.6 Å². The minimum Gasteiger partial charge on any atom is -0.340 e. The van der Waals surface area contributed by atoms with Gasteiger partial charge in [-0.05, 0) is 42.6 Å². The highest BCUT2D eigenvalue weighted by atomic mass is 35.5. The van der Waals surface area contributed by atoms with E-state index in [-0.39, 0.29) is 5.91 Å². The van der Waals surface area contributed by atoms with Gasteiger partial charge >= 0.3 is 0 Å². The Labute approximate surface area is 160 Å². The highest BCUT2D eigenvalue weighted by Gasteiger charge is 2.46. The summed E-state index contributed by atoms with van der Waals surface area (Å²) >= 11 is 5.92. The van der Waals surface area contributed by atoms with Crippen LogP contribution in [0.15, 0.2) is 54.6 Å². The largest absolute Gasteiger partial charge is 0.340 e. The van der Waals surface area contributed by atoms with Crippen LogP contribution < -0.4 is 0 Å². The summed E-state index contributed by atoms with van der Waals surface area (Å²) in [7, 11) is 0. The Morgan fingerprint density at radius 3 is 2.50 bits per heavy atom. The van der Waals surface area contributed by atoms with Crippen molar-refractivity contribution in [2.24, 2.45) is 5.92 Å². The fourth-order valence-electron chi connectivity index (χ4n) is 4.23. The van der Waals surface area contributed by atoms with Gasteiger partial charge in [-0.1, -0.05) is 54.1 Å². The van der Waals surface area contributed by atoms with Crippen molar-refractivity contribution >= 4 is 17.5 Å². The fraction of sp³-hybridized carbons (Fsp3) is 0.409. The first-order valence-electron chi connectivity index (χ1n) is 9.49. The number of aryl methyl sites for hydroxylation is 1. The molecule has 2 fully saturated rings. The van der Waals surface area contributed by atoms with Crippen molar-refractivity contribution < 1.29 is 4.79 Å². The van der Waals surface area contributed by atoms with E-state index in [1.807, 2.05) is 24.3 Å². The number of halogens is 1. The molecule has 0 N–H and O–H groups in total. The van der Waals surface area contributed by atoms with E-state index < -0.39 is 0 Å². The van der Waals surface area contributed by atoms with Crippen molar-refractivity contribution in [2.75, 3.05) is 26.2 Å². The Morgan fingerprint density at radius 2 is 1.73 bits per heavy atom. The summed E-state index contributed by atoms with van der Waals surface area (Å²) in [6.45, 7) is 4.09. The van der Waals surface area contributed by atoms with Crippen LogP contribution in [0.1, 0.15) is 17.5 Å². The standard InChI is InChI=1S/C22H25ClN2O/c23-20-10-8-18(9-11-20)13-22(26)25-15-19-14-24(21(19)16-25)12-4-7-17-5-2-1-3-6-17/h1-3,5-6,8-11,19,21H,4,7,12-16H2/t19-,21+/m0/s1. The summed E-state index contributed by atoms with van der Waals surface area (Å²) in [6, 6.07) is 18.8. The second kappa shape index (κ2) is 7.81. The van der Waals surface area contributed by atoms with E-state index in [4.69, 9.17) is 11.6 Å². The van der Waals surface area contributed by atoms with E-state index in [2.05, 4.69) is 40.1 Å². The predicted octanol–water partition coefficient (Wildman–Crippen LogP) is 3.66. The van der Waals surface area contributed by atoms with Crippen LogP contribution in [0.3, 0.4) is 0 Å². The number of fused-ring (bicyclic) bond motifs is 1. The molecule has 4 rings (SSSR count). The van der Waals surface area contributed by atoms with Crippen LogP contribution in [0, 0.1) is 5.92 Å². The minimum atomic E-state index is 0.242. The molecule has 2 aliphatic heterocycles. The number of rotatable bonds is 6. The molecule has 2 aliphatic rings. The second-order valence-corrected chi connectivity index (χ2v) is 7.95. The van der Waals surface area contributed by atoms with Crippen LogP contribution in [-0.2, 0) is 17.6 Å². The van der Waals surface area contributed by atoms with Gasteiger partial charge in [-0.25, -0.2) is 0 Å². The summed E-state index contributed by atoms with van der Waals surface area (Å²) in [6.07, 6.45) is 2.80. The molecule has 26 heavy (non-hydrogen) atoms. The van der Waals surface area contributed by atoms with Crippen molar-refractivity contribution in [3.05, 3.63) is 70.7 Å². The van der Waals surface area contributed by atoms with Crippen molar-refractivity contribution in [1.82, 2.24) is 9.80 Å². The molecule has 2 saturated heterocycles. The number of benzene rings is 2. The number of amides is 1. The zero-order valence-electron chi connectivity index (χ0n) is 15.0. The number of hydrogen-bond donors (Lipinski definition) is 0. The maximum Gasteiger partial charge on any atom is 0.227 e. The van der Waals surface area contributed by atoms with Crippen molar-refractivity contribution in [3.63, 3.8) is 0 Å². The molecule has 2 heterocycles. The van der Waals surface area contributed by atoms with E-state index in [1.165, 1.54) is 12.0 Å². The summed E-state index contributed by atoms with van der Waals surface area (Å²) in [4.78, 5) is 17.2. The third-order valence-electron chi connectivity index (χ3n) is 5.72. The minimum absolute atomic E-state index is 0.242. The summed E-state index contributed by atoms with van der Waals surface area (Å²) in [5, 5.41) is 0.714. The van der Waals surface area contributed by atoms with Gasteiger partial charge in [-0.3, -0.25) is 9.69 Å². The molecule has 1 amide bonds. The lowest BCUT2D eigenvalue weighted by atomic mass is 9.91. The van der Waals surface area contributed by atoms with Crippen LogP contribution in [0.4, 0.5) is 0 Å². The molecule has 0 aliphatic carbocycles. The first kappa shape index (κ1) is 17.6. The van der Waals surface area contributed by atoms with Gasteiger partial charge in [-0.2, -0.15) is 0 Å². The molecule has 136 valence electrons. The SMILES string of the molecule is O=C(Cc1ccc(Cl)cc1)N1C[C@@H]2CN(CCCc3ccccc3)[C@@H]2C1. The van der Waals surface area contributed by atoms with Gasteiger partial charge in [0.05, 0.1) is 6.42 Å². The van der Waals surface area contributed by atoms with Crippen LogP contribution in [-0.4, -0.2) is 47.9 Å². The molecule has 0 radical (unpaired) electrons. The Bertz CT molecular complexity index is 746. The Balaban J connectivity index is 1.23. The van der Waals surface area contributed by atoms with E-state index in [9.17, 15) is 4.79 Å². The monoisotopic (exact) mass is 368 g/mol. The molecule has 0 saturated carbocycles. The Hall–Kier alpha value is -1.84. The third-order valence-corrected chi connectivity index (χ3v) is 5.97. The number of likely N-dealkylation sites (tertiary alicyclic amines) is 2. The maximum atomic E-state index is 12.6. The normalized spacial score (nSPS) is 22.1. The second-order valence-electron chi connectivity index (χ2n) is 7.51. The summed E-state index contributed by atoms with van der Waals surface area (Å²) < 4.78 is 0. The Morgan fingerprint density at radius 1 is 0.962 bits per heavy atom. The molecule has 3 nitrogen and oxygen atoms in total. The van der Waals surface area contributed by atoms with Gasteiger partial charge in [0.15, 0.2) is 0 Å². The van der Waals surface area contributed by atoms with Gasteiger partial charge in [0.25, 0.3) is 0 Å². The average molecular weight is 369 g/mol. The number of nitrogens with zero attached hydrogens (tertiary/aromatic N) is 2. The molecule has 0 bridgehead atoms. The number of hydrogen-bond acceptors (Lipinski definition) is 2. The predicted molar refractivity (Wildman–Crippen MR) is 105 cm³/mol. The van der Waals surface area contributed by atoms with Gasteiger partial charge in [0, 0.05) is 36.6 Å². The van der Waals surface area contributed by atoms with E-state index in [1.54, 1.807) is 0 Å². The van der Waals surface area contributed by atoms with E-state index in [0.29, 0.717) is 23.4 Å². The van der Waals surface area contributed by atoms with Gasteiger partial charge in [-0.15, -0.1) is 0 Å². The number of carbonyl (C=O) groups excluding carboxylic acids is 1. The highest BCUT2D eigenvalue weighted by molar-refractivity contribution is 6.30. The lowest BCUT2D eigenvalue weighted by molar-refractivity contribution is -0.129. The molecule has 0 aromatic heterocycles. The van der Waals surface area contributed by atoms with Crippen LogP contribution in [0.2, 0.25) is 5.02 Å². The van der Waals surface area contributed by atoms with Gasteiger partial charge in [0.1, 0.15) is 0 Å². The van der Waals surface area contributed by atoms with Crippen LogP contribution >= 0.6 is 11.6 Å². The Kier molecular flexibility index (Phi) is 5.28. The molecule has 2 atom stereocenters. The summed E-state index contributed by atoms with van der Waals surface area (Å²) in [5.41, 5.74) is 2.45. The van der Waals surface area contributed by atoms with Crippen LogP contribution in [0.25, 0.3) is 0 Å². The van der Waals surface area contributed by atoms with Crippen molar-refractivity contribution in [2.45, 2.75) is 25.3 Å². The summed E-state index contributed by atoms with van der Waals surface area (Å²) in [5.74, 6) is 0.909. The van der Waals surface area contributed by atoms with Gasteiger partial charge < -0.3 is 4.90 Å². The first-order chi connectivity index (χ1) is 12.7. The zero-order chi connectivity index (χ0) is 17.9. The molecule has 4 heteroatoms. The van der Waals surface area contributed by atoms with E-state index >= 15 is 0 Å². The van der Waals surface area contributed by atoms with Crippen molar-refractivity contribution in [1.29, 1.82) is 0 Å². The number of carbonyl (C=O) groups is 1. The average Bonchev–Trinajstić information content (AvgIpc) is 2.99. The molecular formula is C22H25ClN2O.